The van der Waals surface area contributed by atoms with Crippen LogP contribution < -0.4 is 0 Å². The standard InChI is InChI=1S/C10H14/c1-3-9(2)8-10-6-4-5-7-10/h3,8H,1-2,4-7H2. The topological polar surface area (TPSA) is 0 Å². The first-order valence-electron chi connectivity index (χ1n) is 3.83. The quantitative estimate of drug-likeness (QED) is 0.509. The van der Waals surface area contributed by atoms with E-state index in [1.54, 1.807) is 5.57 Å². The Morgan fingerprint density at radius 3 is 2.40 bits per heavy atom. The van der Waals surface area contributed by atoms with Crippen molar-refractivity contribution in [2.45, 2.75) is 25.7 Å². The molecule has 0 atom stereocenters. The van der Waals surface area contributed by atoms with Gasteiger partial charge in [-0.1, -0.05) is 30.9 Å². The molecule has 0 aromatic rings. The molecule has 0 spiro atoms. The summed E-state index contributed by atoms with van der Waals surface area (Å²) in [7, 11) is 0. The molecule has 0 heteroatoms. The molecule has 0 nitrogen and oxygen atoms in total. The fourth-order valence-electron chi connectivity index (χ4n) is 1.29. The minimum atomic E-state index is 1.05. The highest BCUT2D eigenvalue weighted by atomic mass is 14.1. The first-order valence-corrected chi connectivity index (χ1v) is 3.83. The molecule has 0 unspecified atom stereocenters. The van der Waals surface area contributed by atoms with Crippen LogP contribution in [0.4, 0.5) is 0 Å². The van der Waals surface area contributed by atoms with E-state index in [1.165, 1.54) is 25.7 Å². The summed E-state index contributed by atoms with van der Waals surface area (Å²) in [6.45, 7) is 7.50. The molecule has 1 aliphatic carbocycles. The van der Waals surface area contributed by atoms with Crippen molar-refractivity contribution in [3.05, 3.63) is 36.5 Å². The molecule has 1 fully saturated rings. The van der Waals surface area contributed by atoms with Crippen LogP contribution in [-0.2, 0) is 0 Å². The lowest BCUT2D eigenvalue weighted by molar-refractivity contribution is 0.886. The number of hydrogen-bond acceptors (Lipinski definition) is 0. The van der Waals surface area contributed by atoms with E-state index in [0.29, 0.717) is 0 Å². The molecule has 0 aromatic heterocycles. The molecule has 0 aliphatic heterocycles. The monoisotopic (exact) mass is 134 g/mol. The Kier molecular flexibility index (Phi) is 2.49. The summed E-state index contributed by atoms with van der Waals surface area (Å²) in [5, 5.41) is 0. The first-order chi connectivity index (χ1) is 4.83. The maximum absolute atomic E-state index is 3.84. The van der Waals surface area contributed by atoms with Gasteiger partial charge in [0.15, 0.2) is 0 Å². The number of rotatable bonds is 2. The van der Waals surface area contributed by atoms with Gasteiger partial charge in [0, 0.05) is 0 Å². The van der Waals surface area contributed by atoms with E-state index in [-0.39, 0.29) is 0 Å². The van der Waals surface area contributed by atoms with Gasteiger partial charge in [0.1, 0.15) is 0 Å². The SMILES string of the molecule is C=CC(=C)C=C1CCCC1. The van der Waals surface area contributed by atoms with E-state index >= 15 is 0 Å². The molecule has 0 radical (unpaired) electrons. The summed E-state index contributed by atoms with van der Waals surface area (Å²) < 4.78 is 0. The third-order valence-electron chi connectivity index (χ3n) is 1.90. The minimum Gasteiger partial charge on any atom is -0.0985 e. The van der Waals surface area contributed by atoms with Crippen molar-refractivity contribution < 1.29 is 0 Å². The van der Waals surface area contributed by atoms with Gasteiger partial charge >= 0.3 is 0 Å². The Balaban J connectivity index is 2.52. The van der Waals surface area contributed by atoms with Crippen LogP contribution >= 0.6 is 0 Å². The average molecular weight is 134 g/mol. The second-order valence-electron chi connectivity index (χ2n) is 2.79. The van der Waals surface area contributed by atoms with Crippen LogP contribution in [0.1, 0.15) is 25.7 Å². The molecule has 10 heavy (non-hydrogen) atoms. The highest BCUT2D eigenvalue weighted by Crippen LogP contribution is 2.24. The summed E-state index contributed by atoms with van der Waals surface area (Å²) in [5.41, 5.74) is 2.60. The van der Waals surface area contributed by atoms with E-state index < -0.39 is 0 Å². The van der Waals surface area contributed by atoms with Gasteiger partial charge in [0.25, 0.3) is 0 Å². The summed E-state index contributed by atoms with van der Waals surface area (Å²) in [6.07, 6.45) is 9.23. The lowest BCUT2D eigenvalue weighted by Gasteiger charge is -1.93. The molecular formula is C10H14. The van der Waals surface area contributed by atoms with Gasteiger partial charge in [-0.25, -0.2) is 0 Å². The molecule has 0 heterocycles. The van der Waals surface area contributed by atoms with Crippen LogP contribution in [0.3, 0.4) is 0 Å². The van der Waals surface area contributed by atoms with Crippen molar-refractivity contribution in [1.29, 1.82) is 0 Å². The van der Waals surface area contributed by atoms with Gasteiger partial charge in [-0.3, -0.25) is 0 Å². The van der Waals surface area contributed by atoms with E-state index in [2.05, 4.69) is 19.2 Å². The fourth-order valence-corrected chi connectivity index (χ4v) is 1.29. The van der Waals surface area contributed by atoms with Crippen LogP contribution in [0.5, 0.6) is 0 Å². The second-order valence-corrected chi connectivity index (χ2v) is 2.79. The van der Waals surface area contributed by atoms with Crippen LogP contribution in [0.15, 0.2) is 36.5 Å². The largest absolute Gasteiger partial charge is 0.0985 e. The molecule has 1 rings (SSSR count). The maximum Gasteiger partial charge on any atom is -0.0317 e. The molecule has 1 aliphatic rings. The Bertz CT molecular complexity index is 164. The summed E-state index contributed by atoms with van der Waals surface area (Å²) in [4.78, 5) is 0. The van der Waals surface area contributed by atoms with Crippen molar-refractivity contribution in [3.8, 4) is 0 Å². The smallest absolute Gasteiger partial charge is 0.0317 e. The van der Waals surface area contributed by atoms with Crippen molar-refractivity contribution in [2.24, 2.45) is 0 Å². The third-order valence-corrected chi connectivity index (χ3v) is 1.90. The zero-order valence-electron chi connectivity index (χ0n) is 6.40. The van der Waals surface area contributed by atoms with Gasteiger partial charge in [-0.05, 0) is 31.3 Å². The maximum atomic E-state index is 3.84. The van der Waals surface area contributed by atoms with Crippen LogP contribution in [0.2, 0.25) is 0 Å². The highest BCUT2D eigenvalue weighted by Gasteiger charge is 2.04. The molecule has 0 aromatic carbocycles. The zero-order valence-corrected chi connectivity index (χ0v) is 6.40. The van der Waals surface area contributed by atoms with Gasteiger partial charge in [-0.2, -0.15) is 0 Å². The molecule has 0 bridgehead atoms. The molecule has 0 N–H and O–H groups in total. The van der Waals surface area contributed by atoms with E-state index in [1.807, 2.05) is 6.08 Å². The summed E-state index contributed by atoms with van der Waals surface area (Å²) in [6, 6.07) is 0. The molecular weight excluding hydrogens is 120 g/mol. The Hall–Kier alpha value is -0.780. The molecule has 0 amide bonds. The highest BCUT2D eigenvalue weighted by molar-refractivity contribution is 5.29. The van der Waals surface area contributed by atoms with E-state index in [0.717, 1.165) is 5.57 Å². The van der Waals surface area contributed by atoms with Crippen molar-refractivity contribution in [2.75, 3.05) is 0 Å². The lowest BCUT2D eigenvalue weighted by Crippen LogP contribution is -1.73. The molecule has 1 saturated carbocycles. The Labute approximate surface area is 62.9 Å². The van der Waals surface area contributed by atoms with Gasteiger partial charge in [0.05, 0.1) is 0 Å². The minimum absolute atomic E-state index is 1.05. The van der Waals surface area contributed by atoms with Gasteiger partial charge < -0.3 is 0 Å². The van der Waals surface area contributed by atoms with E-state index in [9.17, 15) is 0 Å². The predicted molar refractivity (Wildman–Crippen MR) is 45.9 cm³/mol. The number of hydrogen-bond donors (Lipinski definition) is 0. The van der Waals surface area contributed by atoms with Crippen molar-refractivity contribution in [3.63, 3.8) is 0 Å². The van der Waals surface area contributed by atoms with Crippen molar-refractivity contribution >= 4 is 0 Å². The lowest BCUT2D eigenvalue weighted by atomic mass is 10.1. The Morgan fingerprint density at radius 1 is 1.30 bits per heavy atom. The van der Waals surface area contributed by atoms with Crippen LogP contribution in [0.25, 0.3) is 0 Å². The van der Waals surface area contributed by atoms with E-state index in [4.69, 9.17) is 0 Å². The number of allylic oxidation sites excluding steroid dienone is 4. The van der Waals surface area contributed by atoms with Gasteiger partial charge in [0.2, 0.25) is 0 Å². The summed E-state index contributed by atoms with van der Waals surface area (Å²) in [5.74, 6) is 0. The van der Waals surface area contributed by atoms with Gasteiger partial charge in [-0.15, -0.1) is 0 Å². The molecule has 0 saturated heterocycles. The normalized spacial score (nSPS) is 17.0. The van der Waals surface area contributed by atoms with Crippen molar-refractivity contribution in [1.82, 2.24) is 0 Å². The summed E-state index contributed by atoms with van der Waals surface area (Å²) >= 11 is 0. The van der Waals surface area contributed by atoms with Crippen LogP contribution in [0, 0.1) is 0 Å². The Morgan fingerprint density at radius 2 is 1.90 bits per heavy atom. The third kappa shape index (κ3) is 1.87. The average Bonchev–Trinajstić information content (AvgIpc) is 2.40. The fraction of sp³-hybridized carbons (Fsp3) is 0.400. The first kappa shape index (κ1) is 7.33. The second kappa shape index (κ2) is 3.40. The zero-order chi connectivity index (χ0) is 7.40. The molecule has 54 valence electrons. The van der Waals surface area contributed by atoms with Crippen LogP contribution in [-0.4, -0.2) is 0 Å². The predicted octanol–water partition coefficient (Wildman–Crippen LogP) is 3.23.